The van der Waals surface area contributed by atoms with E-state index in [4.69, 9.17) is 27.9 Å². The second-order valence-electron chi connectivity index (χ2n) is 6.85. The van der Waals surface area contributed by atoms with Gasteiger partial charge in [0.2, 0.25) is 0 Å². The molecule has 3 rings (SSSR count). The molecule has 0 unspecified atom stereocenters. The third-order valence-electron chi connectivity index (χ3n) is 4.51. The van der Waals surface area contributed by atoms with Crippen molar-refractivity contribution in [1.29, 1.82) is 5.26 Å². The summed E-state index contributed by atoms with van der Waals surface area (Å²) in [6.45, 7) is 2.22. The molecule has 162 valence electrons. The number of rotatable bonds is 7. The highest BCUT2D eigenvalue weighted by molar-refractivity contribution is 6.32. The van der Waals surface area contributed by atoms with Gasteiger partial charge in [-0.2, -0.15) is 5.26 Å². The monoisotopic (exact) mass is 468 g/mol. The van der Waals surface area contributed by atoms with Gasteiger partial charge in [-0.05, 0) is 66.6 Å². The molecule has 0 saturated carbocycles. The summed E-state index contributed by atoms with van der Waals surface area (Å²) in [6.07, 6.45) is 1.80. The van der Waals surface area contributed by atoms with Gasteiger partial charge >= 0.3 is 0 Å². The molecule has 0 heterocycles. The average Bonchev–Trinajstić information content (AvgIpc) is 2.74. The van der Waals surface area contributed by atoms with Crippen LogP contribution in [0.2, 0.25) is 10.0 Å². The average molecular weight is 469 g/mol. The largest absolute Gasteiger partial charge is 0.494 e. The summed E-state index contributed by atoms with van der Waals surface area (Å²) in [5.74, 6) is -0.406. The summed E-state index contributed by atoms with van der Waals surface area (Å²) < 4.78 is 19.3. The van der Waals surface area contributed by atoms with Crippen LogP contribution < -0.4 is 10.1 Å². The molecule has 0 radical (unpaired) electrons. The zero-order valence-electron chi connectivity index (χ0n) is 17.2. The number of carbonyl (C=O) groups excluding carboxylic acids is 1. The molecule has 0 bridgehead atoms. The number of hydrogen-bond donors (Lipinski definition) is 1. The summed E-state index contributed by atoms with van der Waals surface area (Å²) in [5, 5.41) is 13.0. The van der Waals surface area contributed by atoms with Gasteiger partial charge in [0.1, 0.15) is 23.2 Å². The van der Waals surface area contributed by atoms with Crippen molar-refractivity contribution in [1.82, 2.24) is 0 Å². The van der Waals surface area contributed by atoms with E-state index in [1.807, 2.05) is 13.0 Å². The fourth-order valence-corrected chi connectivity index (χ4v) is 3.58. The van der Waals surface area contributed by atoms with Crippen LogP contribution in [0.4, 0.5) is 10.1 Å². The van der Waals surface area contributed by atoms with Crippen LogP contribution in [0.15, 0.2) is 66.2 Å². The lowest BCUT2D eigenvalue weighted by Crippen LogP contribution is -2.13. The summed E-state index contributed by atoms with van der Waals surface area (Å²) in [5.41, 5.74) is 2.33. The van der Waals surface area contributed by atoms with E-state index in [2.05, 4.69) is 5.32 Å². The predicted octanol–water partition coefficient (Wildman–Crippen LogP) is 6.67. The molecule has 4 nitrogen and oxygen atoms in total. The first-order chi connectivity index (χ1) is 15.4. The minimum atomic E-state index is -0.576. The molecule has 3 aromatic rings. The number of ether oxygens (including phenoxy) is 1. The van der Waals surface area contributed by atoms with E-state index in [1.54, 1.807) is 48.5 Å². The summed E-state index contributed by atoms with van der Waals surface area (Å²) in [7, 11) is 0. The first-order valence-corrected chi connectivity index (χ1v) is 10.5. The normalized spacial score (nSPS) is 11.0. The summed E-state index contributed by atoms with van der Waals surface area (Å²) >= 11 is 12.4. The number of nitrogens with zero attached hydrogens (tertiary/aromatic N) is 1. The zero-order chi connectivity index (χ0) is 23.1. The highest BCUT2D eigenvalue weighted by Gasteiger charge is 2.14. The van der Waals surface area contributed by atoms with Crippen LogP contribution in [0.3, 0.4) is 0 Å². The molecule has 0 aliphatic heterocycles. The number of anilines is 1. The number of nitriles is 1. The van der Waals surface area contributed by atoms with Crippen molar-refractivity contribution in [3.8, 4) is 11.8 Å². The number of benzene rings is 3. The molecule has 0 aromatic heterocycles. The van der Waals surface area contributed by atoms with Crippen LogP contribution in [0.1, 0.15) is 23.6 Å². The van der Waals surface area contributed by atoms with Crippen LogP contribution in [-0.2, 0) is 11.2 Å². The molecule has 32 heavy (non-hydrogen) atoms. The smallest absolute Gasteiger partial charge is 0.266 e. The molecule has 0 fully saturated rings. The minimum absolute atomic E-state index is 0.110. The van der Waals surface area contributed by atoms with E-state index in [9.17, 15) is 14.4 Å². The maximum absolute atomic E-state index is 13.6. The van der Waals surface area contributed by atoms with E-state index in [0.29, 0.717) is 45.6 Å². The summed E-state index contributed by atoms with van der Waals surface area (Å²) in [6, 6.07) is 18.1. The third kappa shape index (κ3) is 6.10. The van der Waals surface area contributed by atoms with Gasteiger partial charge in [-0.1, -0.05) is 41.4 Å². The molecule has 0 saturated heterocycles. The van der Waals surface area contributed by atoms with Gasteiger partial charge in [0.25, 0.3) is 5.91 Å². The molecule has 7 heteroatoms. The Balaban J connectivity index is 1.91. The zero-order valence-corrected chi connectivity index (χ0v) is 18.7. The maximum atomic E-state index is 13.6. The number of carbonyl (C=O) groups is 1. The van der Waals surface area contributed by atoms with Gasteiger partial charge < -0.3 is 10.1 Å². The number of hydrogen-bond acceptors (Lipinski definition) is 3. The minimum Gasteiger partial charge on any atom is -0.494 e. The van der Waals surface area contributed by atoms with E-state index < -0.39 is 5.91 Å². The van der Waals surface area contributed by atoms with Gasteiger partial charge in [0, 0.05) is 27.7 Å². The molecular formula is C25H19Cl2FN2O2. The van der Waals surface area contributed by atoms with Crippen LogP contribution in [0, 0.1) is 17.1 Å². The Morgan fingerprint density at radius 2 is 1.94 bits per heavy atom. The van der Waals surface area contributed by atoms with Crippen molar-refractivity contribution < 1.29 is 13.9 Å². The fourth-order valence-electron chi connectivity index (χ4n) is 3.10. The highest BCUT2D eigenvalue weighted by Crippen LogP contribution is 2.32. The second kappa shape index (κ2) is 10.8. The fraction of sp³-hybridized carbons (Fsp3) is 0.120. The Morgan fingerprint density at radius 1 is 1.16 bits per heavy atom. The number of amides is 1. The standard InChI is InChI=1S/C25H19Cl2FN2O2/c1-2-32-24-13-17(12-23(27)22(24)11-16-5-3-7-20(28)10-16)9-18(15-29)25(31)30-21-8-4-6-19(26)14-21/h3-10,12-14H,2,11H2,1H3,(H,30,31)/b18-9+. The van der Waals surface area contributed by atoms with Gasteiger partial charge in [-0.3, -0.25) is 4.79 Å². The van der Waals surface area contributed by atoms with E-state index >= 15 is 0 Å². The van der Waals surface area contributed by atoms with Crippen molar-refractivity contribution in [2.24, 2.45) is 0 Å². The molecule has 0 aliphatic rings. The first-order valence-electron chi connectivity index (χ1n) is 9.78. The van der Waals surface area contributed by atoms with Crippen LogP contribution in [0.25, 0.3) is 6.08 Å². The topological polar surface area (TPSA) is 62.1 Å². The lowest BCUT2D eigenvalue weighted by molar-refractivity contribution is -0.112. The Kier molecular flexibility index (Phi) is 7.88. The molecule has 1 amide bonds. The van der Waals surface area contributed by atoms with Crippen LogP contribution in [-0.4, -0.2) is 12.5 Å². The quantitative estimate of drug-likeness (QED) is 0.311. The molecular weight excluding hydrogens is 450 g/mol. The second-order valence-corrected chi connectivity index (χ2v) is 7.70. The summed E-state index contributed by atoms with van der Waals surface area (Å²) in [4.78, 5) is 12.6. The molecule has 0 atom stereocenters. The Bertz CT molecular complexity index is 1220. The lowest BCUT2D eigenvalue weighted by atomic mass is 10.0. The van der Waals surface area contributed by atoms with Gasteiger partial charge in [-0.25, -0.2) is 4.39 Å². The van der Waals surface area contributed by atoms with Crippen molar-refractivity contribution in [2.75, 3.05) is 11.9 Å². The molecule has 0 aliphatic carbocycles. The van der Waals surface area contributed by atoms with Gasteiger partial charge in [0.05, 0.1) is 6.61 Å². The molecule has 3 aromatic carbocycles. The van der Waals surface area contributed by atoms with Crippen molar-refractivity contribution in [3.63, 3.8) is 0 Å². The molecule has 0 spiro atoms. The van der Waals surface area contributed by atoms with Crippen molar-refractivity contribution in [2.45, 2.75) is 13.3 Å². The third-order valence-corrected chi connectivity index (χ3v) is 5.08. The van der Waals surface area contributed by atoms with Gasteiger partial charge in [-0.15, -0.1) is 0 Å². The number of halogens is 3. The molecule has 1 N–H and O–H groups in total. The van der Waals surface area contributed by atoms with Crippen molar-refractivity contribution in [3.05, 3.63) is 98.8 Å². The van der Waals surface area contributed by atoms with E-state index in [-0.39, 0.29) is 11.4 Å². The predicted molar refractivity (Wildman–Crippen MR) is 125 cm³/mol. The Labute approximate surface area is 195 Å². The SMILES string of the molecule is CCOc1cc(/C=C(\C#N)C(=O)Nc2cccc(Cl)c2)cc(Cl)c1Cc1cccc(F)c1. The van der Waals surface area contributed by atoms with Crippen molar-refractivity contribution >= 4 is 40.9 Å². The van der Waals surface area contributed by atoms with Crippen LogP contribution in [0.5, 0.6) is 5.75 Å². The lowest BCUT2D eigenvalue weighted by Gasteiger charge is -2.14. The highest BCUT2D eigenvalue weighted by atomic mass is 35.5. The van der Waals surface area contributed by atoms with E-state index in [0.717, 1.165) is 5.56 Å². The Hall–Kier alpha value is -3.33. The maximum Gasteiger partial charge on any atom is 0.266 e. The Morgan fingerprint density at radius 3 is 2.62 bits per heavy atom. The van der Waals surface area contributed by atoms with E-state index in [1.165, 1.54) is 18.2 Å². The van der Waals surface area contributed by atoms with Gasteiger partial charge in [0.15, 0.2) is 0 Å². The first kappa shape index (κ1) is 23.3. The number of nitrogens with one attached hydrogen (secondary N) is 1. The van der Waals surface area contributed by atoms with Crippen LogP contribution >= 0.6 is 23.2 Å².